The Kier molecular flexibility index (Phi) is 5.68. The van der Waals surface area contributed by atoms with E-state index in [1.54, 1.807) is 6.07 Å². The number of aromatic nitrogens is 2. The lowest BCUT2D eigenvalue weighted by Gasteiger charge is -2.19. The highest BCUT2D eigenvalue weighted by atomic mass is 19.4. The van der Waals surface area contributed by atoms with Crippen LogP contribution in [0.25, 0.3) is 11.0 Å². The summed E-state index contributed by atoms with van der Waals surface area (Å²) in [6, 6.07) is 3.85. The molecule has 0 saturated heterocycles. The number of likely N-dealkylation sites (N-methyl/N-ethyl adjacent to an activating group) is 1. The number of halogens is 3. The van der Waals surface area contributed by atoms with Crippen molar-refractivity contribution in [1.29, 1.82) is 0 Å². The number of rotatable bonds is 7. The Labute approximate surface area is 135 Å². The molecule has 1 aromatic carbocycles. The third-order valence-corrected chi connectivity index (χ3v) is 4.16. The van der Waals surface area contributed by atoms with Gasteiger partial charge in [0.15, 0.2) is 0 Å². The van der Waals surface area contributed by atoms with E-state index >= 15 is 0 Å². The molecular weight excluding hydrogens is 303 g/mol. The van der Waals surface area contributed by atoms with Crippen molar-refractivity contribution in [2.24, 2.45) is 0 Å². The molecule has 23 heavy (non-hydrogen) atoms. The van der Waals surface area contributed by atoms with Gasteiger partial charge in [0.1, 0.15) is 5.82 Å². The maximum absolute atomic E-state index is 12.9. The van der Waals surface area contributed by atoms with E-state index in [4.69, 9.17) is 0 Å². The van der Waals surface area contributed by atoms with Crippen LogP contribution in [0.15, 0.2) is 18.2 Å². The van der Waals surface area contributed by atoms with Crippen LogP contribution in [-0.4, -0.2) is 34.1 Å². The van der Waals surface area contributed by atoms with Crippen LogP contribution in [0.3, 0.4) is 0 Å². The number of imidazole rings is 1. The first-order valence-corrected chi connectivity index (χ1v) is 8.19. The maximum atomic E-state index is 12.9. The number of nitrogens with zero attached hydrogens (tertiary/aromatic N) is 3. The molecule has 1 heterocycles. The molecule has 0 aliphatic carbocycles. The number of alkyl halides is 3. The third-order valence-electron chi connectivity index (χ3n) is 4.16. The van der Waals surface area contributed by atoms with Crippen LogP contribution in [0, 0.1) is 0 Å². The fraction of sp³-hybridized carbons (Fsp3) is 0.588. The Morgan fingerprint density at radius 2 is 1.83 bits per heavy atom. The van der Waals surface area contributed by atoms with Crippen LogP contribution < -0.4 is 0 Å². The number of hydrogen-bond acceptors (Lipinski definition) is 2. The average molecular weight is 327 g/mol. The smallest absolute Gasteiger partial charge is 0.327 e. The first-order valence-electron chi connectivity index (χ1n) is 8.19. The third kappa shape index (κ3) is 4.05. The molecule has 2 rings (SSSR count). The molecule has 0 unspecified atom stereocenters. The van der Waals surface area contributed by atoms with E-state index in [0.717, 1.165) is 62.5 Å². The zero-order valence-electron chi connectivity index (χ0n) is 14.0. The number of fused-ring (bicyclic) bond motifs is 1. The van der Waals surface area contributed by atoms with Crippen molar-refractivity contribution >= 4 is 11.0 Å². The summed E-state index contributed by atoms with van der Waals surface area (Å²) in [6.45, 7) is 9.81. The van der Waals surface area contributed by atoms with Crippen molar-refractivity contribution in [3.8, 4) is 0 Å². The number of benzene rings is 1. The molecule has 3 nitrogen and oxygen atoms in total. The molecule has 0 aliphatic heterocycles. The first-order chi connectivity index (χ1) is 10.9. The van der Waals surface area contributed by atoms with Crippen molar-refractivity contribution < 1.29 is 13.2 Å². The van der Waals surface area contributed by atoms with Crippen molar-refractivity contribution in [2.75, 3.05) is 19.6 Å². The molecule has 128 valence electrons. The predicted octanol–water partition coefficient (Wildman–Crippen LogP) is 4.35. The van der Waals surface area contributed by atoms with E-state index in [2.05, 4.69) is 35.2 Å². The lowest BCUT2D eigenvalue weighted by Crippen LogP contribution is -2.27. The summed E-state index contributed by atoms with van der Waals surface area (Å²) < 4.78 is 40.7. The lowest BCUT2D eigenvalue weighted by molar-refractivity contribution is -0.137. The van der Waals surface area contributed by atoms with Crippen LogP contribution >= 0.6 is 0 Å². The monoisotopic (exact) mass is 327 g/mol. The molecule has 0 radical (unpaired) electrons. The number of hydrogen-bond donors (Lipinski definition) is 0. The van der Waals surface area contributed by atoms with Gasteiger partial charge in [-0.1, -0.05) is 20.8 Å². The quantitative estimate of drug-likeness (QED) is 0.754. The first kappa shape index (κ1) is 17.8. The van der Waals surface area contributed by atoms with Crippen LogP contribution in [-0.2, 0) is 19.1 Å². The zero-order chi connectivity index (χ0) is 17.0. The van der Waals surface area contributed by atoms with E-state index in [1.807, 2.05) is 0 Å². The van der Waals surface area contributed by atoms with Gasteiger partial charge in [-0.15, -0.1) is 0 Å². The van der Waals surface area contributed by atoms with Gasteiger partial charge in [0.25, 0.3) is 0 Å². The Balaban J connectivity index is 2.38. The van der Waals surface area contributed by atoms with E-state index in [1.165, 1.54) is 0 Å². The SMILES string of the molecule is CCCc1nc2cc(C(F)(F)F)ccc2n1CCN(CC)CC. The molecule has 0 saturated carbocycles. The molecule has 0 fully saturated rings. The standard InChI is InChI=1S/C17H24F3N3/c1-4-7-16-21-14-12-13(17(18,19)20)8-9-15(14)23(16)11-10-22(5-2)6-3/h8-9,12H,4-7,10-11H2,1-3H3. The van der Waals surface area contributed by atoms with Gasteiger partial charge in [-0.3, -0.25) is 0 Å². The molecule has 0 aliphatic rings. The summed E-state index contributed by atoms with van der Waals surface area (Å²) in [5.41, 5.74) is 0.581. The summed E-state index contributed by atoms with van der Waals surface area (Å²) >= 11 is 0. The van der Waals surface area contributed by atoms with Gasteiger partial charge in [-0.25, -0.2) is 4.98 Å². The van der Waals surface area contributed by atoms with Crippen molar-refractivity contribution in [3.05, 3.63) is 29.6 Å². The van der Waals surface area contributed by atoms with Crippen LogP contribution in [0.1, 0.15) is 38.6 Å². The molecule has 0 N–H and O–H groups in total. The molecule has 0 atom stereocenters. The van der Waals surface area contributed by atoms with Crippen LogP contribution in [0.4, 0.5) is 13.2 Å². The normalized spacial score (nSPS) is 12.5. The second-order valence-corrected chi connectivity index (χ2v) is 5.66. The van der Waals surface area contributed by atoms with Crippen molar-refractivity contribution in [3.63, 3.8) is 0 Å². The average Bonchev–Trinajstić information content (AvgIpc) is 2.84. The molecule has 6 heteroatoms. The second kappa shape index (κ2) is 7.34. The van der Waals surface area contributed by atoms with E-state index < -0.39 is 11.7 Å². The highest BCUT2D eigenvalue weighted by Gasteiger charge is 2.31. The Hall–Kier alpha value is -1.56. The summed E-state index contributed by atoms with van der Waals surface area (Å²) in [7, 11) is 0. The largest absolute Gasteiger partial charge is 0.416 e. The van der Waals surface area contributed by atoms with Gasteiger partial charge < -0.3 is 9.47 Å². The fourth-order valence-corrected chi connectivity index (χ4v) is 2.80. The van der Waals surface area contributed by atoms with E-state index in [-0.39, 0.29) is 0 Å². The molecule has 1 aromatic heterocycles. The summed E-state index contributed by atoms with van der Waals surface area (Å²) in [6.07, 6.45) is -2.64. The minimum absolute atomic E-state index is 0.433. The Morgan fingerprint density at radius 1 is 1.13 bits per heavy atom. The van der Waals surface area contributed by atoms with Crippen LogP contribution in [0.5, 0.6) is 0 Å². The van der Waals surface area contributed by atoms with Crippen molar-refractivity contribution in [2.45, 2.75) is 46.3 Å². The molecule has 2 aromatic rings. The highest BCUT2D eigenvalue weighted by Crippen LogP contribution is 2.31. The van der Waals surface area contributed by atoms with Crippen molar-refractivity contribution in [1.82, 2.24) is 14.5 Å². The van der Waals surface area contributed by atoms with Gasteiger partial charge in [0, 0.05) is 19.5 Å². The van der Waals surface area contributed by atoms with E-state index in [9.17, 15) is 13.2 Å². The maximum Gasteiger partial charge on any atom is 0.416 e. The van der Waals surface area contributed by atoms with Gasteiger partial charge in [0.2, 0.25) is 0 Å². The van der Waals surface area contributed by atoms with Gasteiger partial charge in [-0.2, -0.15) is 13.2 Å². The zero-order valence-corrected chi connectivity index (χ0v) is 14.0. The Morgan fingerprint density at radius 3 is 2.39 bits per heavy atom. The molecular formula is C17H24F3N3. The molecule has 0 bridgehead atoms. The van der Waals surface area contributed by atoms with Gasteiger partial charge >= 0.3 is 6.18 Å². The molecule has 0 spiro atoms. The summed E-state index contributed by atoms with van der Waals surface area (Å²) in [5, 5.41) is 0. The number of aryl methyl sites for hydroxylation is 1. The fourth-order valence-electron chi connectivity index (χ4n) is 2.80. The summed E-state index contributed by atoms with van der Waals surface area (Å²) in [5.74, 6) is 0.869. The highest BCUT2D eigenvalue weighted by molar-refractivity contribution is 5.77. The van der Waals surface area contributed by atoms with Gasteiger partial charge in [-0.05, 0) is 37.7 Å². The topological polar surface area (TPSA) is 21.1 Å². The van der Waals surface area contributed by atoms with Crippen LogP contribution in [0.2, 0.25) is 0 Å². The second-order valence-electron chi connectivity index (χ2n) is 5.66. The predicted molar refractivity (Wildman–Crippen MR) is 86.5 cm³/mol. The van der Waals surface area contributed by atoms with Gasteiger partial charge in [0.05, 0.1) is 16.6 Å². The molecule has 0 amide bonds. The minimum atomic E-state index is -4.33. The summed E-state index contributed by atoms with van der Waals surface area (Å²) in [4.78, 5) is 6.75. The minimum Gasteiger partial charge on any atom is -0.327 e. The Bertz CT molecular complexity index is 642. The lowest BCUT2D eigenvalue weighted by atomic mass is 10.2. The van der Waals surface area contributed by atoms with E-state index in [0.29, 0.717) is 5.52 Å².